The van der Waals surface area contributed by atoms with Gasteiger partial charge in [0.25, 0.3) is 0 Å². The highest BCUT2D eigenvalue weighted by molar-refractivity contribution is 7.85. The molecule has 4 heterocycles. The lowest BCUT2D eigenvalue weighted by Crippen LogP contribution is -2.31. The van der Waals surface area contributed by atoms with Gasteiger partial charge in [0.05, 0.1) is 29.0 Å². The summed E-state index contributed by atoms with van der Waals surface area (Å²) >= 11 is 0. The number of aromatic nitrogens is 3. The summed E-state index contributed by atoms with van der Waals surface area (Å²) in [6, 6.07) is 29.6. The molecule has 6 aromatic rings. The number of anilines is 1. The first-order valence-corrected chi connectivity index (χ1v) is 36.5. The second kappa shape index (κ2) is 32.2. The van der Waals surface area contributed by atoms with Crippen molar-refractivity contribution in [2.75, 3.05) is 44.2 Å². The van der Waals surface area contributed by atoms with Crippen molar-refractivity contribution in [1.29, 1.82) is 0 Å². The zero-order valence-electron chi connectivity index (χ0n) is 58.1. The van der Waals surface area contributed by atoms with E-state index in [1.165, 1.54) is 57.2 Å². The van der Waals surface area contributed by atoms with Crippen LogP contribution in [0.1, 0.15) is 204 Å². The topological polar surface area (TPSA) is 162 Å². The maximum absolute atomic E-state index is 13.4. The third-order valence-electron chi connectivity index (χ3n) is 19.3. The molecule has 14 nitrogen and oxygen atoms in total. The second-order valence-corrected chi connectivity index (χ2v) is 28.3. The zero-order chi connectivity index (χ0) is 67.2. The van der Waals surface area contributed by atoms with Crippen LogP contribution in [0.2, 0.25) is 0 Å². The van der Waals surface area contributed by atoms with Crippen LogP contribution in [0.4, 0.5) is 11.4 Å². The van der Waals surface area contributed by atoms with Crippen molar-refractivity contribution in [3.8, 4) is 22.8 Å². The lowest BCUT2D eigenvalue weighted by molar-refractivity contribution is -0.438. The Labute approximate surface area is 561 Å². The Hall–Kier alpha value is -7.62. The number of nitrogens with one attached hydrogen (secondary N) is 1. The van der Waals surface area contributed by atoms with Gasteiger partial charge in [0, 0.05) is 96.0 Å². The number of unbranched alkanes of at least 4 members (excludes halogenated alkanes) is 9. The number of fused-ring (bicyclic) bond motifs is 3. The van der Waals surface area contributed by atoms with Crippen LogP contribution in [-0.4, -0.2) is 93.9 Å². The second-order valence-electron chi connectivity index (χ2n) is 26.9. The number of nitrogens with zero attached hydrogens (tertiary/aromatic N) is 6. The molecule has 1 aliphatic carbocycles. The fourth-order valence-corrected chi connectivity index (χ4v) is 14.3. The Bertz CT molecular complexity index is 3920. The number of ether oxygens (including phenoxy) is 2. The number of rotatable bonds is 33. The Morgan fingerprint density at radius 3 is 2.13 bits per heavy atom. The van der Waals surface area contributed by atoms with E-state index in [-0.39, 0.29) is 34.0 Å². The third-order valence-corrected chi connectivity index (χ3v) is 20.2. The van der Waals surface area contributed by atoms with E-state index in [1.807, 2.05) is 47.5 Å². The highest BCUT2D eigenvalue weighted by Crippen LogP contribution is 2.49. The molecular formula is C79H103N7O7S. The molecule has 0 saturated heterocycles. The van der Waals surface area contributed by atoms with E-state index in [2.05, 4.69) is 144 Å². The number of amides is 2. The van der Waals surface area contributed by atoms with Gasteiger partial charge in [-0.25, -0.2) is 17.9 Å². The summed E-state index contributed by atoms with van der Waals surface area (Å²) in [7, 11) is -4.63. The molecule has 0 spiro atoms. The van der Waals surface area contributed by atoms with Crippen molar-refractivity contribution in [1.82, 2.24) is 24.8 Å². The number of benzene rings is 4. The van der Waals surface area contributed by atoms with Crippen LogP contribution in [0.5, 0.6) is 11.5 Å². The minimum absolute atomic E-state index is 0.0769. The van der Waals surface area contributed by atoms with Crippen molar-refractivity contribution in [3.63, 3.8) is 0 Å². The fraction of sp³-hybridized carbons (Fsp3) is 0.481. The number of carbonyl (C=O) groups excluding carboxylic acids is 2. The van der Waals surface area contributed by atoms with Gasteiger partial charge in [-0.05, 0) is 201 Å². The van der Waals surface area contributed by atoms with Gasteiger partial charge >= 0.3 is 0 Å². The van der Waals surface area contributed by atoms with Gasteiger partial charge in [0.15, 0.2) is 11.4 Å². The van der Waals surface area contributed by atoms with Crippen LogP contribution in [0.15, 0.2) is 143 Å². The molecule has 502 valence electrons. The van der Waals surface area contributed by atoms with Crippen molar-refractivity contribution in [2.45, 2.75) is 214 Å². The number of hydrogen-bond donors (Lipinski definition) is 1. The molecule has 2 amide bonds. The number of likely N-dealkylation sites (N-methyl/N-ethyl adjacent to an activating group) is 1. The molecule has 3 aliphatic rings. The van der Waals surface area contributed by atoms with Crippen LogP contribution in [0.3, 0.4) is 0 Å². The molecule has 0 radical (unpaired) electrons. The van der Waals surface area contributed by atoms with Crippen LogP contribution >= 0.6 is 0 Å². The molecule has 0 bridgehead atoms. The van der Waals surface area contributed by atoms with Crippen molar-refractivity contribution in [3.05, 3.63) is 177 Å². The molecule has 15 heteroatoms. The summed E-state index contributed by atoms with van der Waals surface area (Å²) in [5.41, 5.74) is 17.1. The molecule has 94 heavy (non-hydrogen) atoms. The van der Waals surface area contributed by atoms with E-state index in [9.17, 15) is 22.6 Å². The first kappa shape index (κ1) is 70.7. The van der Waals surface area contributed by atoms with Crippen LogP contribution in [0.25, 0.3) is 16.9 Å². The van der Waals surface area contributed by atoms with E-state index >= 15 is 0 Å². The minimum atomic E-state index is -4.63. The van der Waals surface area contributed by atoms with Gasteiger partial charge in [-0.3, -0.25) is 9.59 Å². The SMILES string of the molecule is CCCCC[N+]1=C(C=CC2=C(Oc3ccc(S(=O)(=O)[O-])cc3)C(=CC=C3N(CCCCCC(=O)NCCCCCCCCOc4ccc(-c5nn6c(CC)cc(CC)nc6c5CC(=O)N(CC)CC)cc4)c4ccc(C)cc4C3(C)C)CCC2)C(C)(C)c2cc(C)ccc21. The average Bonchev–Trinajstić information content (AvgIpc) is 1.61. The Morgan fingerprint density at radius 1 is 0.734 bits per heavy atom. The van der Waals surface area contributed by atoms with E-state index in [1.54, 1.807) is 12.1 Å². The Morgan fingerprint density at radius 2 is 1.43 bits per heavy atom. The standard InChI is InChI=1S/C79H103N7O7S/c1-12-17-25-49-84-69-44-32-56(6)52-67(69)78(8,9)71(84)46-36-59-29-28-30-60(76(59)93-64-40-42-65(43-41-64)94(89,90)91)37-47-72-79(10,11)68-53-57(7)33-45-70(68)85(72)50-26-22-23-31-73(87)80-48-24-20-18-19-21-27-51-92-63-38-34-58(35-39-63)75-66(55-74(88)83(15-4)16-5)77-81-61(13-2)54-62(14-3)86(77)82-75/h32-47,52-54H,12-31,48-51,55H2,1-11H3,(H-,80,87,89,90,91). The van der Waals surface area contributed by atoms with E-state index in [0.717, 1.165) is 179 Å². The molecular weight excluding hydrogens is 1190 g/mol. The summed E-state index contributed by atoms with van der Waals surface area (Å²) in [6.07, 6.45) is 26.3. The molecule has 9 rings (SSSR count). The van der Waals surface area contributed by atoms with Gasteiger partial charge in [0.1, 0.15) is 33.9 Å². The molecule has 4 aromatic carbocycles. The molecule has 1 N–H and O–H groups in total. The fourth-order valence-electron chi connectivity index (χ4n) is 13.8. The van der Waals surface area contributed by atoms with Gasteiger partial charge in [-0.2, -0.15) is 9.67 Å². The Kier molecular flexibility index (Phi) is 24.2. The first-order chi connectivity index (χ1) is 45.2. The van der Waals surface area contributed by atoms with Gasteiger partial charge in [-0.15, -0.1) is 0 Å². The molecule has 0 atom stereocenters. The zero-order valence-corrected chi connectivity index (χ0v) is 58.9. The van der Waals surface area contributed by atoms with Crippen molar-refractivity contribution >= 4 is 44.7 Å². The van der Waals surface area contributed by atoms with E-state index in [0.29, 0.717) is 38.4 Å². The molecule has 0 fully saturated rings. The molecule has 2 aromatic heterocycles. The summed E-state index contributed by atoms with van der Waals surface area (Å²) in [6.45, 7) is 28.5. The molecule has 0 unspecified atom stereocenters. The number of carbonyl (C=O) groups is 2. The van der Waals surface area contributed by atoms with E-state index in [4.69, 9.17) is 19.6 Å². The number of aryl methyl sites for hydroxylation is 4. The lowest BCUT2D eigenvalue weighted by Gasteiger charge is -2.27. The maximum atomic E-state index is 13.4. The predicted octanol–water partition coefficient (Wildman–Crippen LogP) is 16.8. The van der Waals surface area contributed by atoms with Gasteiger partial charge in [-0.1, -0.05) is 109 Å². The van der Waals surface area contributed by atoms with Crippen LogP contribution in [-0.2, 0) is 49.8 Å². The first-order valence-electron chi connectivity index (χ1n) is 35.1. The normalized spacial score (nSPS) is 16.1. The summed E-state index contributed by atoms with van der Waals surface area (Å²) in [4.78, 5) is 35.5. The monoisotopic (exact) mass is 1290 g/mol. The quantitative estimate of drug-likeness (QED) is 0.0238. The average molecular weight is 1290 g/mol. The molecule has 2 aliphatic heterocycles. The lowest BCUT2D eigenvalue weighted by atomic mass is 9.80. The highest BCUT2D eigenvalue weighted by atomic mass is 32.2. The van der Waals surface area contributed by atoms with Crippen molar-refractivity contribution < 1.29 is 36.6 Å². The number of allylic oxidation sites excluding steroid dienone is 7. The van der Waals surface area contributed by atoms with Gasteiger partial charge in [0.2, 0.25) is 17.5 Å². The smallest absolute Gasteiger partial charge is 0.227 e. The predicted molar refractivity (Wildman–Crippen MR) is 380 cm³/mol. The summed E-state index contributed by atoms with van der Waals surface area (Å²) in [5, 5.41) is 8.23. The Balaban J connectivity index is 0.767. The van der Waals surface area contributed by atoms with Crippen LogP contribution in [0, 0.1) is 13.8 Å². The van der Waals surface area contributed by atoms with Gasteiger partial charge < -0.3 is 29.1 Å². The third kappa shape index (κ3) is 16.9. The van der Waals surface area contributed by atoms with Crippen molar-refractivity contribution in [2.24, 2.45) is 0 Å². The summed E-state index contributed by atoms with van der Waals surface area (Å²) in [5.74, 6) is 2.22. The highest BCUT2D eigenvalue weighted by Gasteiger charge is 2.44. The maximum Gasteiger partial charge on any atom is 0.227 e. The van der Waals surface area contributed by atoms with E-state index < -0.39 is 10.1 Å². The summed E-state index contributed by atoms with van der Waals surface area (Å²) < 4.78 is 53.3. The minimum Gasteiger partial charge on any atom is -0.744 e. The largest absolute Gasteiger partial charge is 0.744 e. The number of hydrogen-bond acceptors (Lipinski definition) is 10. The molecule has 0 saturated carbocycles. The van der Waals surface area contributed by atoms with Crippen LogP contribution < -0.4 is 19.7 Å².